The number of aryl methyl sites for hydroxylation is 1. The molecule has 3 heterocycles. The Bertz CT molecular complexity index is 1040. The normalized spacial score (nSPS) is 16.0. The van der Waals surface area contributed by atoms with Crippen molar-refractivity contribution in [3.05, 3.63) is 65.6 Å². The molecule has 0 spiro atoms. The average molecular weight is 406 g/mol. The second kappa shape index (κ2) is 8.67. The first-order valence-electron chi connectivity index (χ1n) is 10.2. The fourth-order valence-corrected chi connectivity index (χ4v) is 3.70. The maximum absolute atomic E-state index is 13.2. The summed E-state index contributed by atoms with van der Waals surface area (Å²) >= 11 is 0. The van der Waals surface area contributed by atoms with Gasteiger partial charge >= 0.3 is 0 Å². The van der Waals surface area contributed by atoms with Gasteiger partial charge < -0.3 is 19.4 Å². The SMILES string of the molecule is Cc1cccc(NC(=O)CN(C[C@H]2CCCO2)C(=O)c2cn3ccccc3n2)c1C. The molecule has 1 aliphatic heterocycles. The number of fused-ring (bicyclic) bond motifs is 1. The molecule has 3 aromatic rings. The number of rotatable bonds is 6. The van der Waals surface area contributed by atoms with Crippen molar-refractivity contribution < 1.29 is 14.3 Å². The number of imidazole rings is 1. The van der Waals surface area contributed by atoms with Crippen LogP contribution in [-0.2, 0) is 9.53 Å². The third-order valence-corrected chi connectivity index (χ3v) is 5.53. The van der Waals surface area contributed by atoms with Crippen LogP contribution in [0.3, 0.4) is 0 Å². The number of anilines is 1. The number of nitrogens with one attached hydrogen (secondary N) is 1. The predicted molar refractivity (Wildman–Crippen MR) is 115 cm³/mol. The minimum atomic E-state index is -0.273. The fraction of sp³-hybridized carbons (Fsp3) is 0.348. The van der Waals surface area contributed by atoms with E-state index >= 15 is 0 Å². The molecular formula is C23H26N4O3. The largest absolute Gasteiger partial charge is 0.376 e. The number of pyridine rings is 1. The molecule has 156 valence electrons. The minimum Gasteiger partial charge on any atom is -0.376 e. The summed E-state index contributed by atoms with van der Waals surface area (Å²) in [7, 11) is 0. The zero-order valence-corrected chi connectivity index (χ0v) is 17.3. The molecule has 1 saturated heterocycles. The Morgan fingerprint density at radius 1 is 1.23 bits per heavy atom. The summed E-state index contributed by atoms with van der Waals surface area (Å²) in [5.41, 5.74) is 3.89. The van der Waals surface area contributed by atoms with Crippen LogP contribution in [0.25, 0.3) is 5.65 Å². The van der Waals surface area contributed by atoms with Crippen molar-refractivity contribution in [1.29, 1.82) is 0 Å². The second-order valence-corrected chi connectivity index (χ2v) is 7.71. The standard InChI is InChI=1S/C23H26N4O3/c1-16-7-5-9-19(17(16)2)25-22(28)15-27(13-18-8-6-12-30-18)23(29)20-14-26-11-4-3-10-21(26)24-20/h3-5,7,9-11,14,18H,6,8,12-13,15H2,1-2H3,(H,25,28)/t18-/m1/s1. The van der Waals surface area contributed by atoms with Crippen LogP contribution in [0.4, 0.5) is 5.69 Å². The monoisotopic (exact) mass is 406 g/mol. The highest BCUT2D eigenvalue weighted by atomic mass is 16.5. The van der Waals surface area contributed by atoms with Gasteiger partial charge in [0.2, 0.25) is 5.91 Å². The molecule has 0 radical (unpaired) electrons. The second-order valence-electron chi connectivity index (χ2n) is 7.71. The first kappa shape index (κ1) is 20.1. The van der Waals surface area contributed by atoms with Crippen molar-refractivity contribution in [2.75, 3.05) is 25.0 Å². The molecule has 1 aromatic carbocycles. The van der Waals surface area contributed by atoms with Crippen LogP contribution in [0.15, 0.2) is 48.8 Å². The lowest BCUT2D eigenvalue weighted by molar-refractivity contribution is -0.117. The van der Waals surface area contributed by atoms with Gasteiger partial charge in [-0.25, -0.2) is 4.98 Å². The van der Waals surface area contributed by atoms with Crippen molar-refractivity contribution in [2.24, 2.45) is 0 Å². The lowest BCUT2D eigenvalue weighted by Gasteiger charge is -2.24. The number of benzene rings is 1. The maximum atomic E-state index is 13.2. The van der Waals surface area contributed by atoms with Gasteiger partial charge in [0.15, 0.2) is 0 Å². The molecule has 0 aliphatic carbocycles. The molecule has 1 atom stereocenters. The third kappa shape index (κ3) is 4.36. The maximum Gasteiger partial charge on any atom is 0.274 e. The van der Waals surface area contributed by atoms with Gasteiger partial charge in [-0.15, -0.1) is 0 Å². The van der Waals surface area contributed by atoms with Crippen LogP contribution in [0.5, 0.6) is 0 Å². The highest BCUT2D eigenvalue weighted by Gasteiger charge is 2.27. The zero-order valence-electron chi connectivity index (χ0n) is 17.3. The van der Waals surface area contributed by atoms with Gasteiger partial charge in [0, 0.05) is 31.2 Å². The molecular weight excluding hydrogens is 380 g/mol. The number of carbonyl (C=O) groups excluding carboxylic acids is 2. The van der Waals surface area contributed by atoms with Gasteiger partial charge in [0.1, 0.15) is 17.9 Å². The summed E-state index contributed by atoms with van der Waals surface area (Å²) in [6, 6.07) is 11.4. The summed E-state index contributed by atoms with van der Waals surface area (Å²) in [5, 5.41) is 2.94. The summed E-state index contributed by atoms with van der Waals surface area (Å²) < 4.78 is 7.51. The van der Waals surface area contributed by atoms with Gasteiger partial charge in [0.05, 0.1) is 6.10 Å². The lowest BCUT2D eigenvalue weighted by atomic mass is 10.1. The Balaban J connectivity index is 1.53. The minimum absolute atomic E-state index is 0.0556. The van der Waals surface area contributed by atoms with E-state index < -0.39 is 0 Å². The van der Waals surface area contributed by atoms with E-state index in [2.05, 4.69) is 10.3 Å². The number of hydrogen-bond donors (Lipinski definition) is 1. The number of nitrogens with zero attached hydrogens (tertiary/aromatic N) is 3. The third-order valence-electron chi connectivity index (χ3n) is 5.53. The first-order chi connectivity index (χ1) is 14.5. The van der Waals surface area contributed by atoms with Crippen molar-refractivity contribution >= 4 is 23.1 Å². The number of hydrogen-bond acceptors (Lipinski definition) is 4. The van der Waals surface area contributed by atoms with E-state index in [-0.39, 0.29) is 24.5 Å². The van der Waals surface area contributed by atoms with Gasteiger partial charge in [-0.2, -0.15) is 0 Å². The molecule has 2 aromatic heterocycles. The Morgan fingerprint density at radius 2 is 2.10 bits per heavy atom. The summed E-state index contributed by atoms with van der Waals surface area (Å²) in [6.45, 7) is 4.97. The topological polar surface area (TPSA) is 75.9 Å². The number of ether oxygens (including phenoxy) is 1. The quantitative estimate of drug-likeness (QED) is 0.682. The van der Waals surface area contributed by atoms with Gasteiger partial charge in [-0.1, -0.05) is 18.2 Å². The van der Waals surface area contributed by atoms with E-state index in [4.69, 9.17) is 4.74 Å². The van der Waals surface area contributed by atoms with E-state index in [1.165, 1.54) is 4.90 Å². The molecule has 2 amide bonds. The Kier molecular flexibility index (Phi) is 5.81. The van der Waals surface area contributed by atoms with E-state index in [1.54, 1.807) is 10.6 Å². The highest BCUT2D eigenvalue weighted by Crippen LogP contribution is 2.19. The molecule has 7 nitrogen and oxygen atoms in total. The summed E-state index contributed by atoms with van der Waals surface area (Å²) in [4.78, 5) is 32.0. The average Bonchev–Trinajstić information content (AvgIpc) is 3.40. The number of carbonyl (C=O) groups is 2. The van der Waals surface area contributed by atoms with E-state index in [0.717, 1.165) is 29.7 Å². The summed E-state index contributed by atoms with van der Waals surface area (Å²) in [6.07, 6.45) is 5.34. The Hall–Kier alpha value is -3.19. The van der Waals surface area contributed by atoms with Crippen molar-refractivity contribution in [1.82, 2.24) is 14.3 Å². The molecule has 0 bridgehead atoms. The van der Waals surface area contributed by atoms with Crippen LogP contribution < -0.4 is 5.32 Å². The van der Waals surface area contributed by atoms with E-state index in [0.29, 0.717) is 24.5 Å². The number of amides is 2. The van der Waals surface area contributed by atoms with Crippen molar-refractivity contribution in [3.8, 4) is 0 Å². The Labute approximate surface area is 175 Å². The van der Waals surface area contributed by atoms with Crippen molar-refractivity contribution in [3.63, 3.8) is 0 Å². The number of aromatic nitrogens is 2. The van der Waals surface area contributed by atoms with Crippen LogP contribution in [0.2, 0.25) is 0 Å². The highest BCUT2D eigenvalue weighted by molar-refractivity contribution is 5.99. The predicted octanol–water partition coefficient (Wildman–Crippen LogP) is 3.21. The Morgan fingerprint density at radius 3 is 2.87 bits per heavy atom. The molecule has 1 aliphatic rings. The molecule has 4 rings (SSSR count). The molecule has 7 heteroatoms. The van der Waals surface area contributed by atoms with E-state index in [1.807, 2.05) is 56.4 Å². The molecule has 0 unspecified atom stereocenters. The van der Waals surface area contributed by atoms with E-state index in [9.17, 15) is 9.59 Å². The van der Waals surface area contributed by atoms with Crippen LogP contribution in [0, 0.1) is 13.8 Å². The smallest absolute Gasteiger partial charge is 0.274 e. The zero-order chi connectivity index (χ0) is 21.1. The van der Waals surface area contributed by atoms with Gasteiger partial charge in [0.25, 0.3) is 5.91 Å². The van der Waals surface area contributed by atoms with Crippen molar-refractivity contribution in [2.45, 2.75) is 32.8 Å². The van der Waals surface area contributed by atoms with Gasteiger partial charge in [-0.3, -0.25) is 9.59 Å². The molecule has 1 N–H and O–H groups in total. The van der Waals surface area contributed by atoms with Crippen LogP contribution >= 0.6 is 0 Å². The molecule has 30 heavy (non-hydrogen) atoms. The molecule has 0 saturated carbocycles. The molecule has 1 fully saturated rings. The fourth-order valence-electron chi connectivity index (χ4n) is 3.70. The van der Waals surface area contributed by atoms with Gasteiger partial charge in [-0.05, 0) is 56.0 Å². The summed E-state index contributed by atoms with van der Waals surface area (Å²) in [5.74, 6) is -0.510. The van der Waals surface area contributed by atoms with Crippen LogP contribution in [-0.4, -0.2) is 51.9 Å². The lowest BCUT2D eigenvalue weighted by Crippen LogP contribution is -2.42. The first-order valence-corrected chi connectivity index (χ1v) is 10.2. The van der Waals surface area contributed by atoms with Crippen LogP contribution in [0.1, 0.15) is 34.5 Å².